The zero-order valence-corrected chi connectivity index (χ0v) is 41.1. The van der Waals surface area contributed by atoms with E-state index in [0.29, 0.717) is 60.1 Å². The third kappa shape index (κ3) is 8.06. The number of ether oxygens (including phenoxy) is 1. The molecule has 0 aromatic heterocycles. The number of carbonyl (C=O) groups excluding carboxylic acids is 3. The van der Waals surface area contributed by atoms with E-state index in [1.807, 2.05) is 13.8 Å². The van der Waals surface area contributed by atoms with Crippen LogP contribution in [0.2, 0.25) is 5.02 Å². The van der Waals surface area contributed by atoms with Crippen LogP contribution in [0.4, 0.5) is 0 Å². The van der Waals surface area contributed by atoms with Crippen molar-refractivity contribution >= 4 is 35.2 Å². The fraction of sp³-hybridized carbons (Fsp3) is 0.774. The first-order valence-electron chi connectivity index (χ1n) is 24.6. The molecule has 11 atom stereocenters. The fourth-order valence-electron chi connectivity index (χ4n) is 15.7. The number of amides is 1. The van der Waals surface area contributed by atoms with Gasteiger partial charge in [-0.1, -0.05) is 79.5 Å². The number of benzene rings is 1. The summed E-state index contributed by atoms with van der Waals surface area (Å²) in [5.74, 6) is -0.225. The number of nitrogens with one attached hydrogen (secondary N) is 2. The van der Waals surface area contributed by atoms with E-state index in [0.717, 1.165) is 89.2 Å². The molecule has 9 nitrogen and oxygen atoms in total. The van der Waals surface area contributed by atoms with Gasteiger partial charge in [0.05, 0.1) is 11.8 Å². The average molecular weight is 891 g/mol. The first-order chi connectivity index (χ1) is 29.4. The van der Waals surface area contributed by atoms with Crippen molar-refractivity contribution in [3.8, 4) is 0 Å². The number of hydrogen-bond acceptors (Lipinski definition) is 7. The van der Waals surface area contributed by atoms with Crippen LogP contribution in [0.1, 0.15) is 169 Å². The Bertz CT molecular complexity index is 1980. The Morgan fingerprint density at radius 2 is 1.59 bits per heavy atom. The number of fused-ring (bicyclic) bond motifs is 7. The molecule has 7 rings (SSSR count). The van der Waals surface area contributed by atoms with Crippen LogP contribution in [0.3, 0.4) is 0 Å². The standard InChI is InChI=1S/C53H80ClN3O6/c1-32(2)42-38(58)30-53(26-28-56-31-49(7,21-11-12-27-55)57-44(59)33-13-15-34(54)16-14-33)25-24-51(9)35(43(42)53)17-18-40-50(8)22-20-41(48(5,6)39(50)19-23-52(40,51)10)63-46(62)37-29-36(45(60)61)47(37,3)4/h13-16,32,35-37,39-41,56H,11-12,17-31,55H2,1-10H3,(H,57,59)(H,60,61)/t35-,36+,37-,39+,40-,41+,49?,50+,51-,52-,53-/m1/s1. The number of aliphatic carboxylic acids is 1. The lowest BCUT2D eigenvalue weighted by molar-refractivity contribution is -0.236. The van der Waals surface area contributed by atoms with Crippen LogP contribution in [0, 0.1) is 68.0 Å². The Morgan fingerprint density at radius 1 is 0.889 bits per heavy atom. The Labute approximate surface area is 383 Å². The van der Waals surface area contributed by atoms with E-state index >= 15 is 0 Å². The molecule has 5 saturated carbocycles. The highest BCUT2D eigenvalue weighted by molar-refractivity contribution is 6.30. The maximum absolute atomic E-state index is 14.3. The minimum atomic E-state index is -0.828. The maximum Gasteiger partial charge on any atom is 0.309 e. The predicted molar refractivity (Wildman–Crippen MR) is 250 cm³/mol. The van der Waals surface area contributed by atoms with Gasteiger partial charge in [0.1, 0.15) is 6.10 Å². The van der Waals surface area contributed by atoms with Gasteiger partial charge in [0.2, 0.25) is 0 Å². The highest BCUT2D eigenvalue weighted by Crippen LogP contribution is 2.77. The summed E-state index contributed by atoms with van der Waals surface area (Å²) >= 11 is 6.12. The lowest BCUT2D eigenvalue weighted by atomic mass is 9.33. The van der Waals surface area contributed by atoms with Crippen molar-refractivity contribution in [1.29, 1.82) is 0 Å². The van der Waals surface area contributed by atoms with Crippen LogP contribution in [0.5, 0.6) is 0 Å². The summed E-state index contributed by atoms with van der Waals surface area (Å²) in [4.78, 5) is 53.3. The molecule has 0 aliphatic heterocycles. The third-order valence-electron chi connectivity index (χ3n) is 19.6. The minimum Gasteiger partial charge on any atom is -0.481 e. The monoisotopic (exact) mass is 890 g/mol. The quantitative estimate of drug-likeness (QED) is 0.101. The van der Waals surface area contributed by atoms with Crippen molar-refractivity contribution in [2.75, 3.05) is 19.6 Å². The second-order valence-corrected chi connectivity index (χ2v) is 24.4. The van der Waals surface area contributed by atoms with E-state index in [4.69, 9.17) is 22.1 Å². The SMILES string of the molecule is CC(C)C1=C2[C@H]3CC[C@@H]4[C@@]5(C)CC[C@H](OC(=O)[C@H]6C[C@@H](C(=O)O)C6(C)C)C(C)(C)[C@@H]5CC[C@@]4(C)[C@]3(C)CC[C@@]2(CCNCC(C)(CCCCN)NC(=O)c2ccc(Cl)cc2)CC1=O. The Morgan fingerprint density at radius 3 is 2.22 bits per heavy atom. The van der Waals surface area contributed by atoms with Crippen LogP contribution in [0.15, 0.2) is 35.4 Å². The van der Waals surface area contributed by atoms with Crippen molar-refractivity contribution in [3.05, 3.63) is 46.0 Å². The van der Waals surface area contributed by atoms with Gasteiger partial charge in [-0.2, -0.15) is 0 Å². The highest BCUT2D eigenvalue weighted by atomic mass is 35.5. The molecule has 63 heavy (non-hydrogen) atoms. The second-order valence-electron chi connectivity index (χ2n) is 24.0. The van der Waals surface area contributed by atoms with Crippen molar-refractivity contribution in [2.45, 2.75) is 171 Å². The van der Waals surface area contributed by atoms with Gasteiger partial charge in [-0.05, 0) is 179 Å². The number of carbonyl (C=O) groups is 4. The largest absolute Gasteiger partial charge is 0.481 e. The smallest absolute Gasteiger partial charge is 0.309 e. The lowest BCUT2D eigenvalue weighted by Gasteiger charge is -2.72. The molecule has 6 aliphatic rings. The molecule has 0 heterocycles. The van der Waals surface area contributed by atoms with E-state index in [1.165, 1.54) is 5.57 Å². The van der Waals surface area contributed by atoms with Crippen LogP contribution in [0.25, 0.3) is 0 Å². The molecule has 0 radical (unpaired) electrons. The zero-order valence-electron chi connectivity index (χ0n) is 40.3. The number of allylic oxidation sites excluding steroid dienone is 2. The van der Waals surface area contributed by atoms with Crippen LogP contribution < -0.4 is 16.4 Å². The zero-order chi connectivity index (χ0) is 46.1. The summed E-state index contributed by atoms with van der Waals surface area (Å²) in [6, 6.07) is 7.03. The summed E-state index contributed by atoms with van der Waals surface area (Å²) < 4.78 is 6.46. The molecule has 0 bridgehead atoms. The number of carboxylic acid groups (broad SMARTS) is 1. The van der Waals surface area contributed by atoms with Gasteiger partial charge in [-0.15, -0.1) is 0 Å². The van der Waals surface area contributed by atoms with Gasteiger partial charge in [0, 0.05) is 39.9 Å². The predicted octanol–water partition coefficient (Wildman–Crippen LogP) is 10.6. The molecule has 5 fully saturated rings. The molecule has 1 aromatic carbocycles. The van der Waals surface area contributed by atoms with Crippen molar-refractivity contribution in [2.24, 2.45) is 73.7 Å². The van der Waals surface area contributed by atoms with Gasteiger partial charge in [-0.25, -0.2) is 0 Å². The molecule has 1 amide bonds. The Kier molecular flexibility index (Phi) is 13.1. The average Bonchev–Trinajstić information content (AvgIpc) is 3.50. The van der Waals surface area contributed by atoms with Gasteiger partial charge in [0.25, 0.3) is 5.91 Å². The number of Topliss-reactive ketones (excluding diaryl/α,β-unsaturated/α-hetero) is 1. The summed E-state index contributed by atoms with van der Waals surface area (Å²) in [5, 5.41) is 17.4. The minimum absolute atomic E-state index is 0.0539. The Hall–Kier alpha value is -2.75. The summed E-state index contributed by atoms with van der Waals surface area (Å²) in [6.45, 7) is 24.8. The number of carboxylic acids is 1. The molecule has 10 heteroatoms. The molecular formula is C53H80ClN3O6. The summed E-state index contributed by atoms with van der Waals surface area (Å²) in [7, 11) is 0. The van der Waals surface area contributed by atoms with Crippen LogP contribution >= 0.6 is 11.6 Å². The highest BCUT2D eigenvalue weighted by Gasteiger charge is 2.70. The fourth-order valence-corrected chi connectivity index (χ4v) is 15.8. The molecule has 0 spiro atoms. The summed E-state index contributed by atoms with van der Waals surface area (Å²) in [6.07, 6.45) is 12.7. The molecule has 6 aliphatic carbocycles. The van der Waals surface area contributed by atoms with Gasteiger partial charge in [0.15, 0.2) is 5.78 Å². The molecular weight excluding hydrogens is 810 g/mol. The van der Waals surface area contributed by atoms with Crippen LogP contribution in [-0.4, -0.2) is 60.0 Å². The number of esters is 1. The maximum atomic E-state index is 14.3. The summed E-state index contributed by atoms with van der Waals surface area (Å²) in [5.41, 5.74) is 7.88. The number of hydrogen-bond donors (Lipinski definition) is 4. The van der Waals surface area contributed by atoms with E-state index in [-0.39, 0.29) is 56.9 Å². The second kappa shape index (κ2) is 17.2. The first kappa shape index (κ1) is 48.2. The van der Waals surface area contributed by atoms with E-state index in [9.17, 15) is 24.3 Å². The third-order valence-corrected chi connectivity index (χ3v) is 19.9. The molecule has 1 unspecified atom stereocenters. The topological polar surface area (TPSA) is 148 Å². The van der Waals surface area contributed by atoms with Crippen molar-refractivity contribution in [3.63, 3.8) is 0 Å². The number of unbranched alkanes of at least 4 members (excludes halogenated alkanes) is 1. The van der Waals surface area contributed by atoms with E-state index in [2.05, 4.69) is 66.0 Å². The van der Waals surface area contributed by atoms with Gasteiger partial charge >= 0.3 is 11.9 Å². The van der Waals surface area contributed by atoms with Crippen molar-refractivity contribution in [1.82, 2.24) is 10.6 Å². The number of rotatable bonds is 15. The van der Waals surface area contributed by atoms with Gasteiger partial charge < -0.3 is 26.2 Å². The number of nitrogens with two attached hydrogens (primary N) is 1. The molecule has 0 saturated heterocycles. The van der Waals surface area contributed by atoms with Gasteiger partial charge in [-0.3, -0.25) is 19.2 Å². The Balaban J connectivity index is 1.07. The number of ketones is 1. The van der Waals surface area contributed by atoms with Crippen molar-refractivity contribution < 1.29 is 29.0 Å². The first-order valence-corrected chi connectivity index (χ1v) is 25.0. The molecule has 1 aromatic rings. The molecule has 350 valence electrons. The lowest BCUT2D eigenvalue weighted by Crippen LogP contribution is -2.66. The van der Waals surface area contributed by atoms with E-state index in [1.54, 1.807) is 24.3 Å². The van der Waals surface area contributed by atoms with Crippen LogP contribution in [-0.2, 0) is 19.1 Å². The normalized spacial score (nSPS) is 37.4. The number of halogens is 1. The van der Waals surface area contributed by atoms with E-state index < -0.39 is 22.8 Å². The molecule has 5 N–H and O–H groups in total.